The van der Waals surface area contributed by atoms with Crippen molar-refractivity contribution in [2.45, 2.75) is 0 Å². The van der Waals surface area contributed by atoms with Crippen molar-refractivity contribution >= 4 is 49.5 Å². The Hall–Kier alpha value is -1.41. The largest absolute Gasteiger partial charge is 0.352 e. The predicted octanol–water partition coefficient (Wildman–Crippen LogP) is 1.89. The molecule has 0 aromatic carbocycles. The summed E-state index contributed by atoms with van der Waals surface area (Å²) in [5.41, 5.74) is 0.918. The summed E-state index contributed by atoms with van der Waals surface area (Å²) >= 11 is 5.07. The second kappa shape index (κ2) is 5.30. The first-order valence-electron chi connectivity index (χ1n) is 5.90. The monoisotopic (exact) mass is 341 g/mol. The Bertz CT molecular complexity index is 616. The standard InChI is InChI=1S/C11H12BrN5OS/c12-7-6-19-8-5-15-10(16-9(7)8)13-1-3-17-4-2-14-11(17)18/h5-6H,1-4H2,(H,14,18)(H,13,15,16). The van der Waals surface area contributed by atoms with Gasteiger partial charge in [-0.2, -0.15) is 0 Å². The van der Waals surface area contributed by atoms with E-state index in [2.05, 4.69) is 36.5 Å². The lowest BCUT2D eigenvalue weighted by Crippen LogP contribution is -2.32. The number of rotatable bonds is 4. The highest BCUT2D eigenvalue weighted by molar-refractivity contribution is 9.10. The van der Waals surface area contributed by atoms with E-state index < -0.39 is 0 Å². The summed E-state index contributed by atoms with van der Waals surface area (Å²) in [4.78, 5) is 21.8. The fourth-order valence-electron chi connectivity index (χ4n) is 1.91. The number of thiophene rings is 1. The molecule has 8 heteroatoms. The van der Waals surface area contributed by atoms with Crippen molar-refractivity contribution in [3.05, 3.63) is 16.0 Å². The molecular formula is C11H12BrN5OS. The molecule has 19 heavy (non-hydrogen) atoms. The van der Waals surface area contributed by atoms with E-state index in [-0.39, 0.29) is 6.03 Å². The molecule has 1 fully saturated rings. The summed E-state index contributed by atoms with van der Waals surface area (Å²) in [7, 11) is 0. The van der Waals surface area contributed by atoms with Gasteiger partial charge < -0.3 is 15.5 Å². The van der Waals surface area contributed by atoms with Gasteiger partial charge in [-0.3, -0.25) is 0 Å². The Morgan fingerprint density at radius 1 is 1.58 bits per heavy atom. The Morgan fingerprint density at radius 3 is 3.26 bits per heavy atom. The van der Waals surface area contributed by atoms with Crippen LogP contribution >= 0.6 is 27.3 Å². The van der Waals surface area contributed by atoms with Crippen LogP contribution in [0.25, 0.3) is 10.2 Å². The third-order valence-corrected chi connectivity index (χ3v) is 4.69. The molecule has 2 aromatic heterocycles. The summed E-state index contributed by atoms with van der Waals surface area (Å²) in [6.07, 6.45) is 1.81. The number of fused-ring (bicyclic) bond motifs is 1. The first kappa shape index (κ1) is 12.6. The van der Waals surface area contributed by atoms with Gasteiger partial charge in [-0.25, -0.2) is 14.8 Å². The van der Waals surface area contributed by atoms with E-state index in [4.69, 9.17) is 0 Å². The summed E-state index contributed by atoms with van der Waals surface area (Å²) in [6, 6.07) is -0.00116. The lowest BCUT2D eigenvalue weighted by atomic mass is 10.5. The van der Waals surface area contributed by atoms with Crippen LogP contribution in [0.5, 0.6) is 0 Å². The number of carbonyl (C=O) groups excluding carboxylic acids is 1. The molecule has 2 aromatic rings. The first-order valence-corrected chi connectivity index (χ1v) is 7.58. The maximum atomic E-state index is 11.4. The third kappa shape index (κ3) is 2.64. The highest BCUT2D eigenvalue weighted by Crippen LogP contribution is 2.28. The van der Waals surface area contributed by atoms with Crippen LogP contribution in [0.15, 0.2) is 16.0 Å². The third-order valence-electron chi connectivity index (χ3n) is 2.88. The quantitative estimate of drug-likeness (QED) is 0.890. The van der Waals surface area contributed by atoms with E-state index in [1.54, 1.807) is 16.2 Å². The number of amides is 2. The summed E-state index contributed by atoms with van der Waals surface area (Å²) < 4.78 is 2.04. The molecule has 1 saturated heterocycles. The normalized spacial score (nSPS) is 15.0. The zero-order valence-corrected chi connectivity index (χ0v) is 12.4. The summed E-state index contributed by atoms with van der Waals surface area (Å²) in [5.74, 6) is 0.589. The van der Waals surface area contributed by atoms with Crippen molar-refractivity contribution in [2.24, 2.45) is 0 Å². The zero-order chi connectivity index (χ0) is 13.2. The molecule has 0 aliphatic carbocycles. The number of nitrogens with zero attached hydrogens (tertiary/aromatic N) is 3. The molecular weight excluding hydrogens is 330 g/mol. The predicted molar refractivity (Wildman–Crippen MR) is 78.6 cm³/mol. The minimum Gasteiger partial charge on any atom is -0.352 e. The maximum Gasteiger partial charge on any atom is 0.317 e. The van der Waals surface area contributed by atoms with Crippen molar-refractivity contribution in [2.75, 3.05) is 31.5 Å². The highest BCUT2D eigenvalue weighted by Gasteiger charge is 2.18. The molecule has 1 aliphatic heterocycles. The number of hydrogen-bond donors (Lipinski definition) is 2. The molecule has 0 bridgehead atoms. The van der Waals surface area contributed by atoms with Crippen molar-refractivity contribution in [1.82, 2.24) is 20.2 Å². The Labute approximate surface area is 122 Å². The average molecular weight is 342 g/mol. The fourth-order valence-corrected chi connectivity index (χ4v) is 3.35. The lowest BCUT2D eigenvalue weighted by molar-refractivity contribution is 0.219. The van der Waals surface area contributed by atoms with Gasteiger partial charge in [0, 0.05) is 31.6 Å². The summed E-state index contributed by atoms with van der Waals surface area (Å²) in [6.45, 7) is 2.78. The van der Waals surface area contributed by atoms with E-state index in [1.807, 2.05) is 11.6 Å². The van der Waals surface area contributed by atoms with E-state index >= 15 is 0 Å². The fraction of sp³-hybridized carbons (Fsp3) is 0.364. The van der Waals surface area contributed by atoms with Crippen molar-refractivity contribution < 1.29 is 4.79 Å². The molecule has 0 unspecified atom stereocenters. The van der Waals surface area contributed by atoms with Gasteiger partial charge in [0.2, 0.25) is 5.95 Å². The Kier molecular flexibility index (Phi) is 3.52. The van der Waals surface area contributed by atoms with Gasteiger partial charge in [-0.1, -0.05) is 0 Å². The van der Waals surface area contributed by atoms with Crippen LogP contribution < -0.4 is 10.6 Å². The maximum absolute atomic E-state index is 11.4. The molecule has 3 rings (SSSR count). The topological polar surface area (TPSA) is 70.2 Å². The molecule has 6 nitrogen and oxygen atoms in total. The van der Waals surface area contributed by atoms with Gasteiger partial charge in [0.05, 0.1) is 15.4 Å². The number of carbonyl (C=O) groups is 1. The number of anilines is 1. The molecule has 0 spiro atoms. The number of urea groups is 1. The average Bonchev–Trinajstić information content (AvgIpc) is 2.98. The van der Waals surface area contributed by atoms with E-state index in [0.717, 1.165) is 27.8 Å². The van der Waals surface area contributed by atoms with Crippen molar-refractivity contribution in [1.29, 1.82) is 0 Å². The van der Waals surface area contributed by atoms with Gasteiger partial charge in [-0.15, -0.1) is 11.3 Å². The number of hydrogen-bond acceptors (Lipinski definition) is 5. The number of halogens is 1. The number of nitrogens with one attached hydrogen (secondary N) is 2. The molecule has 100 valence electrons. The highest BCUT2D eigenvalue weighted by atomic mass is 79.9. The van der Waals surface area contributed by atoms with Crippen LogP contribution in [-0.4, -0.2) is 47.1 Å². The smallest absolute Gasteiger partial charge is 0.317 e. The minimum absolute atomic E-state index is 0.00116. The van der Waals surface area contributed by atoms with Crippen molar-refractivity contribution in [3.8, 4) is 0 Å². The Balaban J connectivity index is 1.62. The molecule has 2 N–H and O–H groups in total. The van der Waals surface area contributed by atoms with Gasteiger partial charge >= 0.3 is 6.03 Å². The van der Waals surface area contributed by atoms with Crippen molar-refractivity contribution in [3.63, 3.8) is 0 Å². The SMILES string of the molecule is O=C1NCCN1CCNc1ncc2scc(Br)c2n1. The number of aromatic nitrogens is 2. The second-order valence-electron chi connectivity index (χ2n) is 4.14. The van der Waals surface area contributed by atoms with Crippen LogP contribution in [0.3, 0.4) is 0 Å². The van der Waals surface area contributed by atoms with E-state index in [0.29, 0.717) is 19.0 Å². The Morgan fingerprint density at radius 2 is 2.47 bits per heavy atom. The molecule has 2 amide bonds. The van der Waals surface area contributed by atoms with Gasteiger partial charge in [0.25, 0.3) is 0 Å². The molecule has 0 atom stereocenters. The minimum atomic E-state index is -0.00116. The first-order chi connectivity index (χ1) is 9.24. The van der Waals surface area contributed by atoms with Crippen LogP contribution in [0.2, 0.25) is 0 Å². The molecule has 0 radical (unpaired) electrons. The van der Waals surface area contributed by atoms with E-state index in [9.17, 15) is 4.79 Å². The molecule has 3 heterocycles. The summed E-state index contributed by atoms with van der Waals surface area (Å²) in [5, 5.41) is 7.91. The van der Waals surface area contributed by atoms with E-state index in [1.165, 1.54) is 0 Å². The molecule has 0 saturated carbocycles. The van der Waals surface area contributed by atoms with Crippen LogP contribution in [0.4, 0.5) is 10.7 Å². The lowest BCUT2D eigenvalue weighted by Gasteiger charge is -2.14. The van der Waals surface area contributed by atoms with Crippen LogP contribution in [0.1, 0.15) is 0 Å². The van der Waals surface area contributed by atoms with Crippen LogP contribution in [-0.2, 0) is 0 Å². The van der Waals surface area contributed by atoms with Gasteiger partial charge in [0.15, 0.2) is 0 Å². The zero-order valence-electron chi connectivity index (χ0n) is 10.0. The second-order valence-corrected chi connectivity index (χ2v) is 5.90. The van der Waals surface area contributed by atoms with Crippen LogP contribution in [0, 0.1) is 0 Å². The van der Waals surface area contributed by atoms with Gasteiger partial charge in [0.1, 0.15) is 5.52 Å². The molecule has 1 aliphatic rings. The van der Waals surface area contributed by atoms with Gasteiger partial charge in [-0.05, 0) is 15.9 Å².